The molecular weight excluding hydrogens is 441 g/mol. The van der Waals surface area contributed by atoms with Gasteiger partial charge in [0.25, 0.3) is 0 Å². The number of aromatic nitrogens is 6. The Bertz CT molecular complexity index is 1290. The van der Waals surface area contributed by atoms with Gasteiger partial charge in [0.2, 0.25) is 0 Å². The molecule has 4 N–H and O–H groups in total. The van der Waals surface area contributed by atoms with E-state index in [0.717, 1.165) is 22.5 Å². The minimum atomic E-state index is -0.917. The molecule has 178 valence electrons. The third-order valence-electron chi connectivity index (χ3n) is 5.51. The summed E-state index contributed by atoms with van der Waals surface area (Å²) in [6.45, 7) is 5.30. The van der Waals surface area contributed by atoms with Gasteiger partial charge < -0.3 is 20.7 Å². The van der Waals surface area contributed by atoms with Crippen molar-refractivity contribution < 1.29 is 19.3 Å². The molecule has 0 amide bonds. The second kappa shape index (κ2) is 9.57. The summed E-state index contributed by atoms with van der Waals surface area (Å²) in [5.41, 5.74) is 10.3. The van der Waals surface area contributed by atoms with Gasteiger partial charge in [-0.15, -0.1) is 0 Å². The maximum Gasteiger partial charge on any atom is 0.166 e. The van der Waals surface area contributed by atoms with Crippen LogP contribution in [0, 0.1) is 19.7 Å². The quantitative estimate of drug-likeness (QED) is 0.359. The van der Waals surface area contributed by atoms with Gasteiger partial charge in [-0.2, -0.15) is 20.1 Å². The topological polar surface area (TPSA) is 137 Å². The molecule has 4 rings (SSSR count). The molecule has 1 unspecified atom stereocenters. The highest BCUT2D eigenvalue weighted by Crippen LogP contribution is 2.34. The number of hydrogen-bond donors (Lipinski definition) is 3. The van der Waals surface area contributed by atoms with Gasteiger partial charge in [0.15, 0.2) is 11.6 Å². The van der Waals surface area contributed by atoms with Crippen molar-refractivity contribution in [3.05, 3.63) is 65.6 Å². The van der Waals surface area contributed by atoms with Gasteiger partial charge in [0.1, 0.15) is 11.9 Å². The number of ether oxygens (including phenoxy) is 1. The zero-order valence-electron chi connectivity index (χ0n) is 19.1. The molecule has 0 aliphatic rings. The molecule has 0 saturated heterocycles. The molecule has 3 heterocycles. The van der Waals surface area contributed by atoms with E-state index in [1.165, 1.54) is 29.3 Å². The van der Waals surface area contributed by atoms with Crippen LogP contribution < -0.4 is 10.5 Å². The molecule has 11 heteroatoms. The summed E-state index contributed by atoms with van der Waals surface area (Å²) >= 11 is 0. The summed E-state index contributed by atoms with van der Waals surface area (Å²) in [7, 11) is 0. The van der Waals surface area contributed by atoms with E-state index in [9.17, 15) is 9.50 Å². The van der Waals surface area contributed by atoms with Crippen molar-refractivity contribution in [3.63, 3.8) is 0 Å². The minimum absolute atomic E-state index is 0.162. The summed E-state index contributed by atoms with van der Waals surface area (Å²) < 4.78 is 21.8. The SMILES string of the molecule is Cc1nn(CC(O)CO)c(C)c1-c1cnc(N)c(O[C@H](C)c2cc(F)ccc2-n2nccn2)c1. The molecule has 0 saturated carbocycles. The van der Waals surface area contributed by atoms with Crippen LogP contribution in [0.25, 0.3) is 16.8 Å². The molecule has 0 aliphatic carbocycles. The zero-order valence-corrected chi connectivity index (χ0v) is 19.1. The van der Waals surface area contributed by atoms with E-state index in [2.05, 4.69) is 20.3 Å². The Morgan fingerprint density at radius 2 is 1.91 bits per heavy atom. The molecule has 0 bridgehead atoms. The number of hydrogen-bond acceptors (Lipinski definition) is 8. The van der Waals surface area contributed by atoms with E-state index >= 15 is 0 Å². The molecule has 34 heavy (non-hydrogen) atoms. The smallest absolute Gasteiger partial charge is 0.166 e. The van der Waals surface area contributed by atoms with E-state index in [4.69, 9.17) is 15.6 Å². The molecule has 0 spiro atoms. The highest BCUT2D eigenvalue weighted by Gasteiger charge is 2.20. The van der Waals surface area contributed by atoms with Crippen molar-refractivity contribution in [1.82, 2.24) is 29.8 Å². The van der Waals surface area contributed by atoms with Crippen LogP contribution in [0.4, 0.5) is 10.2 Å². The Labute approximate surface area is 195 Å². The van der Waals surface area contributed by atoms with Gasteiger partial charge in [0.05, 0.1) is 43.0 Å². The molecule has 0 radical (unpaired) electrons. The van der Waals surface area contributed by atoms with Crippen LogP contribution in [0.3, 0.4) is 0 Å². The minimum Gasteiger partial charge on any atom is -0.482 e. The summed E-state index contributed by atoms with van der Waals surface area (Å²) in [5.74, 6) is 0.102. The number of benzene rings is 1. The third kappa shape index (κ3) is 4.61. The molecule has 1 aromatic carbocycles. The van der Waals surface area contributed by atoms with Crippen molar-refractivity contribution in [2.75, 3.05) is 12.3 Å². The lowest BCUT2D eigenvalue weighted by molar-refractivity contribution is 0.0777. The van der Waals surface area contributed by atoms with E-state index in [1.807, 2.05) is 13.8 Å². The fraction of sp³-hybridized carbons (Fsp3) is 0.304. The first kappa shape index (κ1) is 23.3. The Kier molecular flexibility index (Phi) is 6.57. The Morgan fingerprint density at radius 1 is 1.18 bits per heavy atom. The lowest BCUT2D eigenvalue weighted by atomic mass is 10.1. The molecule has 2 atom stereocenters. The molecule has 3 aromatic heterocycles. The largest absolute Gasteiger partial charge is 0.482 e. The molecule has 4 aromatic rings. The van der Waals surface area contributed by atoms with E-state index < -0.39 is 18.0 Å². The van der Waals surface area contributed by atoms with Gasteiger partial charge in [-0.1, -0.05) is 0 Å². The number of anilines is 1. The van der Waals surface area contributed by atoms with Gasteiger partial charge >= 0.3 is 0 Å². The highest BCUT2D eigenvalue weighted by atomic mass is 19.1. The van der Waals surface area contributed by atoms with Crippen LogP contribution in [-0.2, 0) is 6.54 Å². The first-order valence-corrected chi connectivity index (χ1v) is 10.7. The van der Waals surface area contributed by atoms with Crippen molar-refractivity contribution in [1.29, 1.82) is 0 Å². The third-order valence-corrected chi connectivity index (χ3v) is 5.51. The molecule has 0 fully saturated rings. The molecule has 0 aliphatic heterocycles. The molecular formula is C23H26FN7O3. The first-order valence-electron chi connectivity index (χ1n) is 10.7. The lowest BCUT2D eigenvalue weighted by Gasteiger charge is -2.19. The Hall–Kier alpha value is -3.83. The van der Waals surface area contributed by atoms with Gasteiger partial charge in [-0.25, -0.2) is 9.37 Å². The van der Waals surface area contributed by atoms with Crippen molar-refractivity contribution >= 4 is 5.82 Å². The van der Waals surface area contributed by atoms with Crippen LogP contribution in [0.2, 0.25) is 0 Å². The van der Waals surface area contributed by atoms with Crippen LogP contribution in [0.1, 0.15) is 30.0 Å². The number of nitrogens with two attached hydrogens (primary N) is 1. The van der Waals surface area contributed by atoms with Crippen LogP contribution >= 0.6 is 0 Å². The number of pyridine rings is 1. The van der Waals surface area contributed by atoms with Crippen LogP contribution in [-0.4, -0.2) is 52.7 Å². The summed E-state index contributed by atoms with van der Waals surface area (Å²) in [4.78, 5) is 5.68. The average molecular weight is 468 g/mol. The van der Waals surface area contributed by atoms with E-state index in [-0.39, 0.29) is 19.0 Å². The maximum atomic E-state index is 14.1. The standard InChI is InChI=1S/C23H26FN7O3/c1-13-22(14(2)30(29-13)11-18(33)12-32)16-8-21(23(25)26-10-16)34-15(3)19-9-17(24)4-5-20(19)31-27-6-7-28-31/h4-10,15,18,32-33H,11-12H2,1-3H3,(H2,25,26)/t15-,18?/m1/s1. The number of nitrogen functional groups attached to an aromatic ring is 1. The predicted octanol–water partition coefficient (Wildman–Crippen LogP) is 2.36. The summed E-state index contributed by atoms with van der Waals surface area (Å²) in [6.07, 6.45) is 3.18. The van der Waals surface area contributed by atoms with Crippen LogP contribution in [0.5, 0.6) is 5.75 Å². The number of aryl methyl sites for hydroxylation is 1. The fourth-order valence-corrected chi connectivity index (χ4v) is 3.86. The second-order valence-electron chi connectivity index (χ2n) is 7.95. The zero-order chi connectivity index (χ0) is 24.4. The van der Waals surface area contributed by atoms with E-state index in [0.29, 0.717) is 17.0 Å². The monoisotopic (exact) mass is 467 g/mol. The Morgan fingerprint density at radius 3 is 2.62 bits per heavy atom. The summed E-state index contributed by atoms with van der Waals surface area (Å²) in [5, 5.41) is 31.7. The van der Waals surface area contributed by atoms with Crippen molar-refractivity contribution in [2.45, 2.75) is 39.5 Å². The molecule has 10 nitrogen and oxygen atoms in total. The number of aliphatic hydroxyl groups is 2. The normalized spacial score (nSPS) is 13.1. The summed E-state index contributed by atoms with van der Waals surface area (Å²) in [6, 6.07) is 6.06. The highest BCUT2D eigenvalue weighted by molar-refractivity contribution is 5.71. The number of nitrogens with zero attached hydrogens (tertiary/aromatic N) is 6. The Balaban J connectivity index is 1.67. The maximum absolute atomic E-state index is 14.1. The second-order valence-corrected chi connectivity index (χ2v) is 7.95. The van der Waals surface area contributed by atoms with Gasteiger partial charge in [0, 0.05) is 28.6 Å². The van der Waals surface area contributed by atoms with E-state index in [1.54, 1.807) is 29.9 Å². The fourth-order valence-electron chi connectivity index (χ4n) is 3.86. The number of halogens is 1. The van der Waals surface area contributed by atoms with Crippen LogP contribution in [0.15, 0.2) is 42.9 Å². The van der Waals surface area contributed by atoms with Gasteiger partial charge in [-0.3, -0.25) is 4.68 Å². The predicted molar refractivity (Wildman–Crippen MR) is 123 cm³/mol. The van der Waals surface area contributed by atoms with Crippen molar-refractivity contribution in [2.24, 2.45) is 0 Å². The number of rotatable bonds is 8. The first-order chi connectivity index (χ1) is 16.3. The average Bonchev–Trinajstić information content (AvgIpc) is 3.43. The lowest BCUT2D eigenvalue weighted by Crippen LogP contribution is -2.21. The van der Waals surface area contributed by atoms with Gasteiger partial charge in [-0.05, 0) is 45.0 Å². The van der Waals surface area contributed by atoms with Crippen molar-refractivity contribution in [3.8, 4) is 22.6 Å². The number of aliphatic hydroxyl groups excluding tert-OH is 2.